The van der Waals surface area contributed by atoms with Gasteiger partial charge < -0.3 is 29.8 Å². The maximum Gasteiger partial charge on any atom is 0.235 e. The first-order chi connectivity index (χ1) is 14.4. The number of aromatic hydroxyl groups is 3. The zero-order valence-electron chi connectivity index (χ0n) is 16.6. The molecule has 0 bridgehead atoms. The maximum atomic E-state index is 12.8. The Morgan fingerprint density at radius 1 is 1.07 bits per heavy atom. The second kappa shape index (κ2) is 8.25. The minimum Gasteiger partial charge on any atom is -0.504 e. The van der Waals surface area contributed by atoms with Gasteiger partial charge in [-0.3, -0.25) is 9.69 Å². The van der Waals surface area contributed by atoms with E-state index in [0.29, 0.717) is 17.8 Å². The zero-order valence-corrected chi connectivity index (χ0v) is 16.6. The Kier molecular flexibility index (Phi) is 5.52. The lowest BCUT2D eigenvalue weighted by Crippen LogP contribution is -2.39. The van der Waals surface area contributed by atoms with Gasteiger partial charge in [0.05, 0.1) is 24.3 Å². The molecule has 3 aromatic rings. The molecule has 8 nitrogen and oxygen atoms in total. The molecule has 1 saturated heterocycles. The molecule has 0 aliphatic carbocycles. The number of hydrogen-bond acceptors (Lipinski definition) is 8. The fourth-order valence-electron chi connectivity index (χ4n) is 3.60. The van der Waals surface area contributed by atoms with E-state index in [4.69, 9.17) is 9.15 Å². The maximum absolute atomic E-state index is 12.8. The van der Waals surface area contributed by atoms with Gasteiger partial charge in [0.15, 0.2) is 22.8 Å². The van der Waals surface area contributed by atoms with Crippen LogP contribution in [0.3, 0.4) is 0 Å². The first-order valence-corrected chi connectivity index (χ1v) is 9.81. The molecule has 0 spiro atoms. The minimum absolute atomic E-state index is 0.0668. The van der Waals surface area contributed by atoms with Crippen molar-refractivity contribution in [2.75, 3.05) is 44.7 Å². The van der Waals surface area contributed by atoms with Crippen LogP contribution in [0, 0.1) is 6.92 Å². The highest BCUT2D eigenvalue weighted by atomic mass is 16.5. The highest BCUT2D eigenvalue weighted by Crippen LogP contribution is 2.37. The summed E-state index contributed by atoms with van der Waals surface area (Å²) in [5, 5.41) is 33.4. The second-order valence-electron chi connectivity index (χ2n) is 7.38. The van der Waals surface area contributed by atoms with E-state index in [1.807, 2.05) is 13.0 Å². The smallest absolute Gasteiger partial charge is 0.235 e. The molecule has 0 radical (unpaired) electrons. The third-order valence-electron chi connectivity index (χ3n) is 5.20. The summed E-state index contributed by atoms with van der Waals surface area (Å²) in [6, 6.07) is 7.52. The van der Waals surface area contributed by atoms with Crippen molar-refractivity contribution < 1.29 is 24.5 Å². The van der Waals surface area contributed by atoms with Crippen LogP contribution in [-0.2, 0) is 4.74 Å². The summed E-state index contributed by atoms with van der Waals surface area (Å²) in [6.45, 7) is 6.56. The lowest BCUT2D eigenvalue weighted by atomic mass is 10.1. The first kappa shape index (κ1) is 20.1. The van der Waals surface area contributed by atoms with Gasteiger partial charge in [0.2, 0.25) is 11.2 Å². The van der Waals surface area contributed by atoms with E-state index in [9.17, 15) is 20.1 Å². The van der Waals surface area contributed by atoms with E-state index < -0.39 is 11.2 Å². The number of rotatable bonds is 5. The number of nitrogens with one attached hydrogen (secondary N) is 1. The van der Waals surface area contributed by atoms with E-state index in [1.165, 1.54) is 18.2 Å². The van der Waals surface area contributed by atoms with Crippen molar-refractivity contribution in [3.05, 3.63) is 46.1 Å². The normalized spacial score (nSPS) is 14.8. The average molecular weight is 412 g/mol. The Labute approximate surface area is 172 Å². The van der Waals surface area contributed by atoms with Gasteiger partial charge in [-0.15, -0.1) is 0 Å². The van der Waals surface area contributed by atoms with Crippen LogP contribution in [0.5, 0.6) is 17.2 Å². The molecule has 0 unspecified atom stereocenters. The summed E-state index contributed by atoms with van der Waals surface area (Å²) in [4.78, 5) is 15.1. The molecular formula is C22H24N2O6. The lowest BCUT2D eigenvalue weighted by molar-refractivity contribution is 0.0398. The first-order valence-electron chi connectivity index (χ1n) is 9.81. The molecule has 0 atom stereocenters. The molecule has 4 N–H and O–H groups in total. The van der Waals surface area contributed by atoms with Gasteiger partial charge in [-0.1, -0.05) is 0 Å². The fourth-order valence-corrected chi connectivity index (χ4v) is 3.60. The van der Waals surface area contributed by atoms with Crippen LogP contribution < -0.4 is 10.7 Å². The molecule has 1 fully saturated rings. The molecular weight excluding hydrogens is 388 g/mol. The number of phenols is 2. The molecule has 2 heterocycles. The van der Waals surface area contributed by atoms with Gasteiger partial charge in [-0.25, -0.2) is 0 Å². The highest BCUT2D eigenvalue weighted by molar-refractivity contribution is 5.92. The molecule has 0 amide bonds. The number of ether oxygens (including phenoxy) is 1. The van der Waals surface area contributed by atoms with E-state index in [2.05, 4.69) is 10.2 Å². The molecule has 4 rings (SSSR count). The van der Waals surface area contributed by atoms with Crippen LogP contribution in [0.15, 0.2) is 39.5 Å². The lowest BCUT2D eigenvalue weighted by Gasteiger charge is -2.26. The van der Waals surface area contributed by atoms with E-state index in [-0.39, 0.29) is 28.2 Å². The van der Waals surface area contributed by atoms with Crippen molar-refractivity contribution in [2.24, 2.45) is 0 Å². The SMILES string of the molecule is Cc1cc(NCCN2CCOCC2)c2oc(-c3ccc(O)c(O)c3)c(O)c(=O)c2c1. The van der Waals surface area contributed by atoms with Crippen LogP contribution >= 0.6 is 0 Å². The largest absolute Gasteiger partial charge is 0.504 e. The summed E-state index contributed by atoms with van der Waals surface area (Å²) < 4.78 is 11.3. The highest BCUT2D eigenvalue weighted by Gasteiger charge is 2.19. The van der Waals surface area contributed by atoms with Gasteiger partial charge in [0, 0.05) is 31.7 Å². The number of morpholine rings is 1. The van der Waals surface area contributed by atoms with E-state index in [0.717, 1.165) is 38.4 Å². The van der Waals surface area contributed by atoms with Gasteiger partial charge >= 0.3 is 0 Å². The monoisotopic (exact) mass is 412 g/mol. The van der Waals surface area contributed by atoms with Crippen molar-refractivity contribution in [1.82, 2.24) is 4.90 Å². The number of benzene rings is 2. The van der Waals surface area contributed by atoms with Crippen LogP contribution in [0.1, 0.15) is 5.56 Å². The van der Waals surface area contributed by atoms with Gasteiger partial charge in [0.1, 0.15) is 0 Å². The summed E-state index contributed by atoms with van der Waals surface area (Å²) in [7, 11) is 0. The Hall–Kier alpha value is -3.23. The summed E-state index contributed by atoms with van der Waals surface area (Å²) >= 11 is 0. The second-order valence-corrected chi connectivity index (χ2v) is 7.38. The predicted octanol–water partition coefficient (Wildman–Crippen LogP) is 2.63. The Morgan fingerprint density at radius 2 is 1.83 bits per heavy atom. The van der Waals surface area contributed by atoms with Crippen LogP contribution in [-0.4, -0.2) is 59.6 Å². The Morgan fingerprint density at radius 3 is 2.57 bits per heavy atom. The molecule has 8 heteroatoms. The molecule has 2 aromatic carbocycles. The molecule has 30 heavy (non-hydrogen) atoms. The van der Waals surface area contributed by atoms with Gasteiger partial charge in [-0.05, 0) is 42.8 Å². The number of hydrogen-bond donors (Lipinski definition) is 4. The average Bonchev–Trinajstić information content (AvgIpc) is 2.74. The fraction of sp³-hybridized carbons (Fsp3) is 0.318. The molecule has 1 aliphatic rings. The van der Waals surface area contributed by atoms with Gasteiger partial charge in [-0.2, -0.15) is 0 Å². The Balaban J connectivity index is 1.72. The minimum atomic E-state index is -0.557. The van der Waals surface area contributed by atoms with Crippen LogP contribution in [0.25, 0.3) is 22.3 Å². The van der Waals surface area contributed by atoms with Crippen LogP contribution in [0.2, 0.25) is 0 Å². The molecule has 158 valence electrons. The Bertz CT molecular complexity index is 1130. The molecule has 1 aromatic heterocycles. The van der Waals surface area contributed by atoms with Crippen LogP contribution in [0.4, 0.5) is 5.69 Å². The third kappa shape index (κ3) is 3.92. The number of fused-ring (bicyclic) bond motifs is 1. The summed E-state index contributed by atoms with van der Waals surface area (Å²) in [5.41, 5.74) is 1.56. The quantitative estimate of drug-likeness (QED) is 0.473. The number of phenolic OH excluding ortho intramolecular Hbond substituents is 2. The number of nitrogens with zero attached hydrogens (tertiary/aromatic N) is 1. The van der Waals surface area contributed by atoms with E-state index in [1.54, 1.807) is 6.07 Å². The van der Waals surface area contributed by atoms with E-state index >= 15 is 0 Å². The molecule has 1 aliphatic heterocycles. The topological polar surface area (TPSA) is 115 Å². The zero-order chi connectivity index (χ0) is 21.3. The number of anilines is 1. The number of aryl methyl sites for hydroxylation is 1. The molecule has 0 saturated carbocycles. The summed E-state index contributed by atoms with van der Waals surface area (Å²) in [6.07, 6.45) is 0. The van der Waals surface area contributed by atoms with Crippen molar-refractivity contribution in [2.45, 2.75) is 6.92 Å². The van der Waals surface area contributed by atoms with Gasteiger partial charge in [0.25, 0.3) is 0 Å². The van der Waals surface area contributed by atoms with Crippen molar-refractivity contribution >= 4 is 16.7 Å². The van der Waals surface area contributed by atoms with Crippen molar-refractivity contribution in [3.63, 3.8) is 0 Å². The van der Waals surface area contributed by atoms with Crippen molar-refractivity contribution in [3.8, 4) is 28.6 Å². The third-order valence-corrected chi connectivity index (χ3v) is 5.20. The summed E-state index contributed by atoms with van der Waals surface area (Å²) in [5.74, 6) is -1.29. The standard InChI is InChI=1S/C22H24N2O6/c1-13-10-15-19(27)20(28)21(14-2-3-17(25)18(26)12-14)30-22(15)16(11-13)23-4-5-24-6-8-29-9-7-24/h2-3,10-12,23,25-26,28H,4-9H2,1H3. The predicted molar refractivity (Wildman–Crippen MR) is 113 cm³/mol. The van der Waals surface area contributed by atoms with Crippen molar-refractivity contribution in [1.29, 1.82) is 0 Å².